The zero-order chi connectivity index (χ0) is 31.9. The summed E-state index contributed by atoms with van der Waals surface area (Å²) < 4.78 is 0. The maximum Gasteiger partial charge on any atom is -0.0152 e. The molecule has 0 heterocycles. The Balaban J connectivity index is 1.44. The topological polar surface area (TPSA) is 0 Å². The molecule has 0 saturated carbocycles. The van der Waals surface area contributed by atoms with Crippen LogP contribution in [-0.2, 0) is 0 Å². The van der Waals surface area contributed by atoms with Crippen molar-refractivity contribution in [3.05, 3.63) is 199 Å². The smallest absolute Gasteiger partial charge is 0.0152 e. The number of allylic oxidation sites excluding steroid dienone is 4. The molecule has 0 fully saturated rings. The van der Waals surface area contributed by atoms with Gasteiger partial charge in [-0.05, 0) is 127 Å². The third-order valence-corrected chi connectivity index (χ3v) is 8.58. The minimum absolute atomic E-state index is 0.973. The van der Waals surface area contributed by atoms with Crippen LogP contribution in [0.5, 0.6) is 0 Å². The second-order valence-corrected chi connectivity index (χ2v) is 11.5. The molecule has 6 aromatic carbocycles. The summed E-state index contributed by atoms with van der Waals surface area (Å²) in [5.74, 6) is 0. The van der Waals surface area contributed by atoms with E-state index in [0.717, 1.165) is 27.8 Å². The Labute approximate surface area is 273 Å². The molecular weight excluding hydrogens is 553 g/mol. The quantitative estimate of drug-likeness (QED) is 0.155. The second-order valence-electron chi connectivity index (χ2n) is 11.5. The fourth-order valence-electron chi connectivity index (χ4n) is 5.96. The Hall–Kier alpha value is -5.72. The van der Waals surface area contributed by atoms with Gasteiger partial charge in [-0.15, -0.1) is 0 Å². The van der Waals surface area contributed by atoms with E-state index in [-0.39, 0.29) is 0 Å². The van der Waals surface area contributed by atoms with Crippen molar-refractivity contribution in [2.75, 3.05) is 0 Å². The van der Waals surface area contributed by atoms with E-state index in [9.17, 15) is 0 Å². The highest BCUT2D eigenvalue weighted by Crippen LogP contribution is 2.35. The number of hydrogen-bond donors (Lipinski definition) is 0. The lowest BCUT2D eigenvalue weighted by Crippen LogP contribution is -2.25. The Kier molecular flexibility index (Phi) is 9.18. The molecule has 0 aliphatic carbocycles. The third kappa shape index (κ3) is 6.67. The predicted molar refractivity (Wildman–Crippen MR) is 200 cm³/mol. The van der Waals surface area contributed by atoms with Crippen LogP contribution in [0.25, 0.3) is 61.7 Å². The molecule has 0 saturated heterocycles. The molecule has 0 aromatic heterocycles. The van der Waals surface area contributed by atoms with Crippen molar-refractivity contribution in [3.63, 3.8) is 0 Å². The minimum atomic E-state index is 0.973. The van der Waals surface area contributed by atoms with Gasteiger partial charge in [-0.3, -0.25) is 0 Å². The first-order valence-electron chi connectivity index (χ1n) is 15.8. The van der Waals surface area contributed by atoms with Crippen molar-refractivity contribution in [3.8, 4) is 44.5 Å². The van der Waals surface area contributed by atoms with E-state index in [1.54, 1.807) is 0 Å². The summed E-state index contributed by atoms with van der Waals surface area (Å²) in [5.41, 5.74) is 13.8. The summed E-state index contributed by atoms with van der Waals surface area (Å²) >= 11 is 0. The van der Waals surface area contributed by atoms with Crippen LogP contribution in [0.3, 0.4) is 0 Å². The molecule has 0 spiro atoms. The molecule has 0 heteroatoms. The SMILES string of the molecule is C=CC(=CC(=C)C(C)=c1ccccc1=CC)c1cccc(-c2cc(-c3ccccc3)cc(-c3cccc(-c4ccccc4)c3)c2)c1. The van der Waals surface area contributed by atoms with Crippen LogP contribution in [0.2, 0.25) is 0 Å². The van der Waals surface area contributed by atoms with Crippen LogP contribution in [0.15, 0.2) is 183 Å². The molecule has 0 nitrogen and oxygen atoms in total. The summed E-state index contributed by atoms with van der Waals surface area (Å²) in [6.07, 6.45) is 6.22. The molecule has 0 aliphatic heterocycles. The van der Waals surface area contributed by atoms with Gasteiger partial charge in [0.15, 0.2) is 0 Å². The fourth-order valence-corrected chi connectivity index (χ4v) is 5.96. The van der Waals surface area contributed by atoms with Crippen molar-refractivity contribution < 1.29 is 0 Å². The van der Waals surface area contributed by atoms with Crippen molar-refractivity contribution in [2.24, 2.45) is 0 Å². The molecule has 0 unspecified atom stereocenters. The summed E-state index contributed by atoms with van der Waals surface area (Å²) in [7, 11) is 0. The van der Waals surface area contributed by atoms with Gasteiger partial charge in [0.2, 0.25) is 0 Å². The lowest BCUT2D eigenvalue weighted by atomic mass is 9.91. The molecular formula is C46H38. The molecule has 6 aromatic rings. The average molecular weight is 591 g/mol. The lowest BCUT2D eigenvalue weighted by Gasteiger charge is -2.14. The van der Waals surface area contributed by atoms with Crippen LogP contribution < -0.4 is 10.4 Å². The summed E-state index contributed by atoms with van der Waals surface area (Å²) in [6.45, 7) is 12.8. The van der Waals surface area contributed by atoms with E-state index in [1.807, 2.05) is 6.08 Å². The van der Waals surface area contributed by atoms with E-state index in [0.29, 0.717) is 0 Å². The molecule has 222 valence electrons. The predicted octanol–water partition coefficient (Wildman–Crippen LogP) is 11.2. The van der Waals surface area contributed by atoms with Gasteiger partial charge < -0.3 is 0 Å². The molecule has 0 aliphatic rings. The zero-order valence-electron chi connectivity index (χ0n) is 26.6. The zero-order valence-corrected chi connectivity index (χ0v) is 26.6. The van der Waals surface area contributed by atoms with Crippen LogP contribution >= 0.6 is 0 Å². The van der Waals surface area contributed by atoms with Crippen molar-refractivity contribution in [1.29, 1.82) is 0 Å². The normalized spacial score (nSPS) is 12.5. The van der Waals surface area contributed by atoms with Gasteiger partial charge in [0, 0.05) is 0 Å². The monoisotopic (exact) mass is 590 g/mol. The molecule has 0 N–H and O–H groups in total. The van der Waals surface area contributed by atoms with Crippen LogP contribution in [0, 0.1) is 0 Å². The van der Waals surface area contributed by atoms with Gasteiger partial charge >= 0.3 is 0 Å². The molecule has 0 atom stereocenters. The maximum absolute atomic E-state index is 4.44. The second kappa shape index (κ2) is 13.9. The first-order valence-corrected chi connectivity index (χ1v) is 15.8. The van der Waals surface area contributed by atoms with Gasteiger partial charge in [-0.25, -0.2) is 0 Å². The Morgan fingerprint density at radius 1 is 0.500 bits per heavy atom. The Morgan fingerprint density at radius 2 is 0.957 bits per heavy atom. The Morgan fingerprint density at radius 3 is 1.57 bits per heavy atom. The fraction of sp³-hybridized carbons (Fsp3) is 0.0435. The van der Waals surface area contributed by atoms with E-state index < -0.39 is 0 Å². The van der Waals surface area contributed by atoms with Gasteiger partial charge in [-0.1, -0.05) is 147 Å². The molecule has 6 rings (SSSR count). The third-order valence-electron chi connectivity index (χ3n) is 8.58. The lowest BCUT2D eigenvalue weighted by molar-refractivity contribution is 1.44. The summed E-state index contributed by atoms with van der Waals surface area (Å²) in [6, 6.07) is 54.1. The van der Waals surface area contributed by atoms with E-state index in [2.05, 4.69) is 191 Å². The van der Waals surface area contributed by atoms with E-state index in [4.69, 9.17) is 0 Å². The van der Waals surface area contributed by atoms with Crippen molar-refractivity contribution >= 4 is 17.2 Å². The van der Waals surface area contributed by atoms with Gasteiger partial charge in [-0.2, -0.15) is 0 Å². The minimum Gasteiger partial charge on any atom is -0.0984 e. The largest absolute Gasteiger partial charge is 0.0984 e. The van der Waals surface area contributed by atoms with Crippen molar-refractivity contribution in [2.45, 2.75) is 13.8 Å². The van der Waals surface area contributed by atoms with Gasteiger partial charge in [0.05, 0.1) is 0 Å². The van der Waals surface area contributed by atoms with E-state index in [1.165, 1.54) is 49.4 Å². The molecule has 0 bridgehead atoms. The molecule has 0 amide bonds. The number of rotatable bonds is 8. The van der Waals surface area contributed by atoms with Gasteiger partial charge in [0.1, 0.15) is 0 Å². The highest BCUT2D eigenvalue weighted by atomic mass is 14.1. The maximum atomic E-state index is 4.44. The van der Waals surface area contributed by atoms with E-state index >= 15 is 0 Å². The first kappa shape index (κ1) is 30.3. The van der Waals surface area contributed by atoms with Crippen LogP contribution in [-0.4, -0.2) is 0 Å². The molecule has 46 heavy (non-hydrogen) atoms. The Bertz CT molecular complexity index is 2180. The number of benzene rings is 6. The summed E-state index contributed by atoms with van der Waals surface area (Å²) in [4.78, 5) is 0. The number of hydrogen-bond acceptors (Lipinski definition) is 0. The average Bonchev–Trinajstić information content (AvgIpc) is 3.14. The first-order chi connectivity index (χ1) is 22.5. The highest BCUT2D eigenvalue weighted by Gasteiger charge is 2.10. The van der Waals surface area contributed by atoms with Gasteiger partial charge in [0.25, 0.3) is 0 Å². The highest BCUT2D eigenvalue weighted by molar-refractivity contribution is 5.86. The summed E-state index contributed by atoms with van der Waals surface area (Å²) in [5, 5.41) is 2.41. The van der Waals surface area contributed by atoms with Crippen LogP contribution in [0.1, 0.15) is 19.4 Å². The molecule has 0 radical (unpaired) electrons. The van der Waals surface area contributed by atoms with Crippen molar-refractivity contribution in [1.82, 2.24) is 0 Å². The standard InChI is InChI=1S/C46H38/c1-5-35-17-13-14-26-46(35)34(4)33(3)27-36(6-2)39-22-15-24-41(28-39)44-30-43(38-20-11-8-12-21-38)31-45(32-44)42-25-16-23-40(29-42)37-18-9-7-10-19-37/h5-32H,2-3H2,1,4H3. The van der Waals surface area contributed by atoms with Crippen LogP contribution in [0.4, 0.5) is 0 Å².